The number of aliphatic carboxylic acids is 1. The van der Waals surface area contributed by atoms with Crippen molar-refractivity contribution in [2.75, 3.05) is 6.61 Å². The standard InChI is InChI=1S/C16H20O4/c1-5-6-7-10-19-13-8-9-14(12(2)11-13)20-16(3,4)15(17)18/h1,8-9,11H,6-7,10H2,2-4H3,(H,17,18). The molecule has 0 heterocycles. The molecule has 0 unspecified atom stereocenters. The SMILES string of the molecule is C#CCCCOc1ccc(OC(C)(C)C(=O)O)c(C)c1. The van der Waals surface area contributed by atoms with Crippen LogP contribution in [0, 0.1) is 19.3 Å². The number of terminal acetylenes is 1. The largest absolute Gasteiger partial charge is 0.494 e. The van der Waals surface area contributed by atoms with Gasteiger partial charge in [-0.3, -0.25) is 0 Å². The third-order valence-electron chi connectivity index (χ3n) is 2.76. The first kappa shape index (κ1) is 15.9. The van der Waals surface area contributed by atoms with E-state index in [0.29, 0.717) is 18.8 Å². The highest BCUT2D eigenvalue weighted by atomic mass is 16.5. The minimum atomic E-state index is -1.26. The molecule has 0 fully saturated rings. The lowest BCUT2D eigenvalue weighted by molar-refractivity contribution is -0.152. The second-order valence-corrected chi connectivity index (χ2v) is 5.00. The fourth-order valence-corrected chi connectivity index (χ4v) is 1.51. The van der Waals surface area contributed by atoms with E-state index in [4.69, 9.17) is 21.0 Å². The number of hydrogen-bond acceptors (Lipinski definition) is 3. The number of rotatable bonds is 7. The van der Waals surface area contributed by atoms with E-state index in [0.717, 1.165) is 17.7 Å². The summed E-state index contributed by atoms with van der Waals surface area (Å²) in [5.74, 6) is 2.81. The maximum Gasteiger partial charge on any atom is 0.347 e. The fraction of sp³-hybridized carbons (Fsp3) is 0.438. The number of aryl methyl sites for hydroxylation is 1. The van der Waals surface area contributed by atoms with Crippen LogP contribution in [0.15, 0.2) is 18.2 Å². The van der Waals surface area contributed by atoms with E-state index in [1.807, 2.05) is 13.0 Å². The second kappa shape index (κ2) is 6.85. The molecule has 0 aliphatic heterocycles. The zero-order chi connectivity index (χ0) is 15.2. The molecule has 0 aliphatic carbocycles. The molecule has 4 heteroatoms. The number of carbonyl (C=O) groups is 1. The number of carboxylic acids is 1. The van der Waals surface area contributed by atoms with E-state index in [1.165, 1.54) is 13.8 Å². The summed E-state index contributed by atoms with van der Waals surface area (Å²) in [7, 11) is 0. The van der Waals surface area contributed by atoms with Gasteiger partial charge in [0.2, 0.25) is 0 Å². The van der Waals surface area contributed by atoms with E-state index in [-0.39, 0.29) is 0 Å². The van der Waals surface area contributed by atoms with E-state index < -0.39 is 11.6 Å². The first-order chi connectivity index (χ1) is 9.36. The molecule has 1 aromatic carbocycles. The zero-order valence-corrected chi connectivity index (χ0v) is 12.1. The molecule has 4 nitrogen and oxygen atoms in total. The van der Waals surface area contributed by atoms with Crippen molar-refractivity contribution in [3.05, 3.63) is 23.8 Å². The molecule has 0 saturated heterocycles. The van der Waals surface area contributed by atoms with Gasteiger partial charge < -0.3 is 14.6 Å². The molecule has 0 atom stereocenters. The minimum absolute atomic E-state index is 0.536. The molecule has 108 valence electrons. The summed E-state index contributed by atoms with van der Waals surface area (Å²) >= 11 is 0. The Morgan fingerprint density at radius 1 is 1.45 bits per heavy atom. The lowest BCUT2D eigenvalue weighted by Crippen LogP contribution is -2.38. The van der Waals surface area contributed by atoms with Crippen molar-refractivity contribution in [1.29, 1.82) is 0 Å². The third-order valence-corrected chi connectivity index (χ3v) is 2.76. The normalized spacial score (nSPS) is 10.7. The summed E-state index contributed by atoms with van der Waals surface area (Å²) in [6, 6.07) is 5.30. The summed E-state index contributed by atoms with van der Waals surface area (Å²) < 4.78 is 11.1. The number of benzene rings is 1. The van der Waals surface area contributed by atoms with Crippen LogP contribution in [0.3, 0.4) is 0 Å². The lowest BCUT2D eigenvalue weighted by atomic mass is 10.1. The van der Waals surface area contributed by atoms with Crippen molar-refractivity contribution in [1.82, 2.24) is 0 Å². The van der Waals surface area contributed by atoms with Crippen molar-refractivity contribution in [2.45, 2.75) is 39.2 Å². The van der Waals surface area contributed by atoms with Gasteiger partial charge in [0.05, 0.1) is 6.61 Å². The second-order valence-electron chi connectivity index (χ2n) is 5.00. The van der Waals surface area contributed by atoms with Crippen molar-refractivity contribution >= 4 is 5.97 Å². The Morgan fingerprint density at radius 2 is 2.15 bits per heavy atom. The molecule has 0 aliphatic rings. The van der Waals surface area contributed by atoms with Crippen LogP contribution in [0.25, 0.3) is 0 Å². The first-order valence-electron chi connectivity index (χ1n) is 6.46. The van der Waals surface area contributed by atoms with Crippen molar-refractivity contribution in [3.8, 4) is 23.8 Å². The van der Waals surface area contributed by atoms with Crippen LogP contribution in [0.1, 0.15) is 32.3 Å². The number of ether oxygens (including phenoxy) is 2. The van der Waals surface area contributed by atoms with Gasteiger partial charge in [-0.05, 0) is 51.0 Å². The van der Waals surface area contributed by atoms with E-state index in [9.17, 15) is 4.79 Å². The highest BCUT2D eigenvalue weighted by molar-refractivity contribution is 5.76. The predicted octanol–water partition coefficient (Wildman–Crippen LogP) is 3.03. The summed E-state index contributed by atoms with van der Waals surface area (Å²) in [4.78, 5) is 11.0. The van der Waals surface area contributed by atoms with Gasteiger partial charge in [-0.25, -0.2) is 4.79 Å². The van der Waals surface area contributed by atoms with Gasteiger partial charge in [0, 0.05) is 6.42 Å². The predicted molar refractivity (Wildman–Crippen MR) is 77.1 cm³/mol. The Bertz CT molecular complexity index is 512. The molecule has 0 amide bonds. The molecule has 0 radical (unpaired) electrons. The maximum atomic E-state index is 11.0. The number of carboxylic acid groups (broad SMARTS) is 1. The zero-order valence-electron chi connectivity index (χ0n) is 12.1. The number of unbranched alkanes of at least 4 members (excludes halogenated alkanes) is 1. The molecular weight excluding hydrogens is 256 g/mol. The molecule has 0 aromatic heterocycles. The summed E-state index contributed by atoms with van der Waals surface area (Å²) in [6.07, 6.45) is 6.66. The number of hydrogen-bond donors (Lipinski definition) is 1. The van der Waals surface area contributed by atoms with Crippen LogP contribution in [-0.2, 0) is 4.79 Å². The average Bonchev–Trinajstić information content (AvgIpc) is 2.37. The van der Waals surface area contributed by atoms with Gasteiger partial charge in [0.1, 0.15) is 11.5 Å². The molecule has 0 spiro atoms. The van der Waals surface area contributed by atoms with Crippen LogP contribution >= 0.6 is 0 Å². The van der Waals surface area contributed by atoms with Crippen LogP contribution in [0.5, 0.6) is 11.5 Å². The molecule has 1 N–H and O–H groups in total. The molecule has 20 heavy (non-hydrogen) atoms. The highest BCUT2D eigenvalue weighted by Gasteiger charge is 2.29. The summed E-state index contributed by atoms with van der Waals surface area (Å²) in [5.41, 5.74) is -0.436. The van der Waals surface area contributed by atoms with Crippen molar-refractivity contribution < 1.29 is 19.4 Å². The van der Waals surface area contributed by atoms with Gasteiger partial charge in [0.15, 0.2) is 5.60 Å². The quantitative estimate of drug-likeness (QED) is 0.614. The van der Waals surface area contributed by atoms with Crippen LogP contribution in [0.4, 0.5) is 0 Å². The Kier molecular flexibility index (Phi) is 5.45. The first-order valence-corrected chi connectivity index (χ1v) is 6.46. The highest BCUT2D eigenvalue weighted by Crippen LogP contribution is 2.27. The fourth-order valence-electron chi connectivity index (χ4n) is 1.51. The van der Waals surface area contributed by atoms with Gasteiger partial charge in [-0.1, -0.05) is 0 Å². The van der Waals surface area contributed by atoms with Crippen LogP contribution in [-0.4, -0.2) is 23.3 Å². The summed E-state index contributed by atoms with van der Waals surface area (Å²) in [5, 5.41) is 9.05. The molecular formula is C16H20O4. The van der Waals surface area contributed by atoms with Crippen molar-refractivity contribution in [3.63, 3.8) is 0 Å². The van der Waals surface area contributed by atoms with Gasteiger partial charge >= 0.3 is 5.97 Å². The third kappa shape index (κ3) is 4.51. The topological polar surface area (TPSA) is 55.8 Å². The van der Waals surface area contributed by atoms with E-state index in [2.05, 4.69) is 5.92 Å². The van der Waals surface area contributed by atoms with Gasteiger partial charge in [-0.2, -0.15) is 0 Å². The average molecular weight is 276 g/mol. The Labute approximate surface area is 119 Å². The van der Waals surface area contributed by atoms with Gasteiger partial charge in [0.25, 0.3) is 0 Å². The maximum absolute atomic E-state index is 11.0. The van der Waals surface area contributed by atoms with E-state index >= 15 is 0 Å². The smallest absolute Gasteiger partial charge is 0.347 e. The monoisotopic (exact) mass is 276 g/mol. The molecule has 1 aromatic rings. The van der Waals surface area contributed by atoms with Crippen LogP contribution < -0.4 is 9.47 Å². The Balaban J connectivity index is 2.69. The van der Waals surface area contributed by atoms with Gasteiger partial charge in [-0.15, -0.1) is 12.3 Å². The molecule has 0 bridgehead atoms. The molecule has 0 saturated carbocycles. The summed E-state index contributed by atoms with van der Waals surface area (Å²) in [6.45, 7) is 5.43. The minimum Gasteiger partial charge on any atom is -0.494 e. The molecule has 1 rings (SSSR count). The van der Waals surface area contributed by atoms with Crippen LogP contribution in [0.2, 0.25) is 0 Å². The Hall–Kier alpha value is -2.15. The van der Waals surface area contributed by atoms with Crippen molar-refractivity contribution in [2.24, 2.45) is 0 Å². The Morgan fingerprint density at radius 3 is 2.70 bits per heavy atom. The van der Waals surface area contributed by atoms with E-state index in [1.54, 1.807) is 12.1 Å². The lowest BCUT2D eigenvalue weighted by Gasteiger charge is -2.23.